The molecule has 0 saturated carbocycles. The molecule has 1 amide bonds. The average molecular weight is 408 g/mol. The first kappa shape index (κ1) is 24.9. The van der Waals surface area contributed by atoms with Crippen molar-refractivity contribution in [2.75, 3.05) is 60.1 Å². The summed E-state index contributed by atoms with van der Waals surface area (Å²) in [5, 5.41) is 3.11. The van der Waals surface area contributed by atoms with Gasteiger partial charge in [-0.2, -0.15) is 0 Å². The average Bonchev–Trinajstić information content (AvgIpc) is 2.64. The van der Waals surface area contributed by atoms with E-state index in [1.54, 1.807) is 14.2 Å². The van der Waals surface area contributed by atoms with Crippen LogP contribution in [0.15, 0.2) is 24.3 Å². The fourth-order valence-corrected chi connectivity index (χ4v) is 2.95. The molecule has 1 atom stereocenters. The number of hydrogen-bond acceptors (Lipinski definition) is 5. The van der Waals surface area contributed by atoms with Crippen molar-refractivity contribution in [2.24, 2.45) is 0 Å². The number of hydrogen-bond donors (Lipinski definition) is 1. The van der Waals surface area contributed by atoms with Crippen LogP contribution in [0.4, 0.5) is 0 Å². The molecule has 1 saturated heterocycles. The van der Waals surface area contributed by atoms with E-state index in [0.29, 0.717) is 25.7 Å². The third-order valence-corrected chi connectivity index (χ3v) is 4.55. The molecule has 6 nitrogen and oxygen atoms in total. The van der Waals surface area contributed by atoms with E-state index in [2.05, 4.69) is 29.3 Å². The lowest BCUT2D eigenvalue weighted by atomic mass is 10.1. The van der Waals surface area contributed by atoms with E-state index in [-0.39, 0.29) is 30.7 Å². The maximum Gasteiger partial charge on any atom is 0.236 e. The van der Waals surface area contributed by atoms with Gasteiger partial charge >= 0.3 is 0 Å². The molecule has 1 fully saturated rings. The van der Waals surface area contributed by atoms with Crippen molar-refractivity contribution in [1.29, 1.82) is 0 Å². The lowest BCUT2D eigenvalue weighted by Gasteiger charge is -2.38. The van der Waals surface area contributed by atoms with Crippen molar-refractivity contribution in [3.8, 4) is 5.75 Å². The van der Waals surface area contributed by atoms with Gasteiger partial charge in [-0.1, -0.05) is 12.1 Å². The highest BCUT2D eigenvalue weighted by molar-refractivity contribution is 5.85. The van der Waals surface area contributed by atoms with Crippen LogP contribution in [0, 0.1) is 0 Å². The maximum atomic E-state index is 12.2. The topological polar surface area (TPSA) is 54.0 Å². The number of ether oxygens (including phenoxy) is 2. The van der Waals surface area contributed by atoms with Crippen LogP contribution >= 0.6 is 24.8 Å². The van der Waals surface area contributed by atoms with Gasteiger partial charge in [-0.05, 0) is 24.6 Å². The Labute approximate surface area is 169 Å². The summed E-state index contributed by atoms with van der Waals surface area (Å²) in [5.74, 6) is 1.05. The van der Waals surface area contributed by atoms with Gasteiger partial charge in [-0.25, -0.2) is 0 Å². The van der Waals surface area contributed by atoms with Gasteiger partial charge in [0.15, 0.2) is 0 Å². The predicted molar refractivity (Wildman–Crippen MR) is 109 cm³/mol. The second-order valence-electron chi connectivity index (χ2n) is 6.04. The lowest BCUT2D eigenvalue weighted by Crippen LogP contribution is -2.51. The number of piperazine rings is 1. The Hall–Kier alpha value is -1.05. The summed E-state index contributed by atoms with van der Waals surface area (Å²) in [5.41, 5.74) is 1.25. The number of methoxy groups -OCH3 is 2. The Bertz CT molecular complexity index is 526. The fraction of sp³-hybridized carbons (Fsp3) is 0.611. The fourth-order valence-electron chi connectivity index (χ4n) is 2.95. The Morgan fingerprint density at radius 1 is 1.19 bits per heavy atom. The molecule has 0 radical (unpaired) electrons. The first-order valence-corrected chi connectivity index (χ1v) is 8.51. The van der Waals surface area contributed by atoms with Crippen molar-refractivity contribution >= 4 is 30.7 Å². The Morgan fingerprint density at radius 2 is 1.88 bits per heavy atom. The van der Waals surface area contributed by atoms with E-state index < -0.39 is 0 Å². The molecular weight excluding hydrogens is 377 g/mol. The number of amides is 1. The lowest BCUT2D eigenvalue weighted by molar-refractivity contribution is -0.132. The van der Waals surface area contributed by atoms with Crippen LogP contribution in [0.1, 0.15) is 18.5 Å². The molecule has 8 heteroatoms. The second kappa shape index (κ2) is 13.2. The van der Waals surface area contributed by atoms with Gasteiger partial charge in [-0.15, -0.1) is 24.8 Å². The second-order valence-corrected chi connectivity index (χ2v) is 6.04. The van der Waals surface area contributed by atoms with Gasteiger partial charge in [0.2, 0.25) is 5.91 Å². The molecule has 2 rings (SSSR count). The summed E-state index contributed by atoms with van der Waals surface area (Å²) in [4.78, 5) is 16.5. The number of nitrogens with zero attached hydrogens (tertiary/aromatic N) is 2. The predicted octanol–water partition coefficient (Wildman–Crippen LogP) is 1.98. The molecule has 0 aromatic heterocycles. The zero-order chi connectivity index (χ0) is 17.4. The van der Waals surface area contributed by atoms with Gasteiger partial charge in [0.25, 0.3) is 0 Å². The zero-order valence-electron chi connectivity index (χ0n) is 15.8. The third-order valence-electron chi connectivity index (χ3n) is 4.55. The van der Waals surface area contributed by atoms with Crippen LogP contribution in [-0.4, -0.2) is 75.8 Å². The maximum absolute atomic E-state index is 12.2. The van der Waals surface area contributed by atoms with Crippen LogP contribution in [0.3, 0.4) is 0 Å². The zero-order valence-corrected chi connectivity index (χ0v) is 17.4. The minimum Gasteiger partial charge on any atom is -0.497 e. The van der Waals surface area contributed by atoms with E-state index in [1.807, 2.05) is 17.0 Å². The van der Waals surface area contributed by atoms with E-state index in [9.17, 15) is 4.79 Å². The molecule has 26 heavy (non-hydrogen) atoms. The Morgan fingerprint density at radius 3 is 2.50 bits per heavy atom. The Balaban J connectivity index is 0.00000312. The van der Waals surface area contributed by atoms with Crippen LogP contribution in [0.2, 0.25) is 0 Å². The molecule has 1 aromatic carbocycles. The highest BCUT2D eigenvalue weighted by atomic mass is 35.5. The van der Waals surface area contributed by atoms with E-state index >= 15 is 0 Å². The van der Waals surface area contributed by atoms with Crippen LogP contribution < -0.4 is 10.1 Å². The highest BCUT2D eigenvalue weighted by Crippen LogP contribution is 2.24. The SMILES string of the molecule is COCCNCC(=O)N1CCN(C(C)c2cccc(OC)c2)CC1.Cl.Cl. The number of halogens is 2. The summed E-state index contributed by atoms with van der Waals surface area (Å²) >= 11 is 0. The van der Waals surface area contributed by atoms with Gasteiger partial charge < -0.3 is 19.7 Å². The van der Waals surface area contributed by atoms with Crippen molar-refractivity contribution in [1.82, 2.24) is 15.1 Å². The standard InChI is InChI=1S/C18H29N3O3.2ClH/c1-15(16-5-4-6-17(13-16)24-3)20-8-10-21(11-9-20)18(22)14-19-7-12-23-2;;/h4-6,13,15,19H,7-12,14H2,1-3H3;2*1H. The Kier molecular flexibility index (Phi) is 12.6. The number of benzene rings is 1. The quantitative estimate of drug-likeness (QED) is 0.667. The van der Waals surface area contributed by atoms with E-state index in [0.717, 1.165) is 31.9 Å². The molecule has 1 N–H and O–H groups in total. The summed E-state index contributed by atoms with van der Waals surface area (Å²) in [6, 6.07) is 8.52. The molecule has 0 spiro atoms. The minimum atomic E-state index is 0. The molecule has 0 bridgehead atoms. The van der Waals surface area contributed by atoms with E-state index in [4.69, 9.17) is 9.47 Å². The van der Waals surface area contributed by atoms with Crippen LogP contribution in [0.5, 0.6) is 5.75 Å². The van der Waals surface area contributed by atoms with Gasteiger partial charge in [-0.3, -0.25) is 9.69 Å². The normalized spacial score (nSPS) is 15.6. The monoisotopic (exact) mass is 407 g/mol. The smallest absolute Gasteiger partial charge is 0.236 e. The van der Waals surface area contributed by atoms with Crippen molar-refractivity contribution in [3.63, 3.8) is 0 Å². The largest absolute Gasteiger partial charge is 0.497 e. The molecular formula is C18H31Cl2N3O3. The molecule has 1 heterocycles. The van der Waals surface area contributed by atoms with Crippen molar-refractivity contribution in [3.05, 3.63) is 29.8 Å². The van der Waals surface area contributed by atoms with Crippen LogP contribution in [0.25, 0.3) is 0 Å². The van der Waals surface area contributed by atoms with Crippen LogP contribution in [-0.2, 0) is 9.53 Å². The molecule has 1 aliphatic rings. The molecule has 1 aromatic rings. The summed E-state index contributed by atoms with van der Waals surface area (Å²) in [6.45, 7) is 7.25. The van der Waals surface area contributed by atoms with Gasteiger partial charge in [0.1, 0.15) is 5.75 Å². The highest BCUT2D eigenvalue weighted by Gasteiger charge is 2.24. The third kappa shape index (κ3) is 7.29. The molecule has 150 valence electrons. The van der Waals surface area contributed by atoms with Crippen molar-refractivity contribution < 1.29 is 14.3 Å². The first-order valence-electron chi connectivity index (χ1n) is 8.51. The number of carbonyl (C=O) groups excluding carboxylic acids is 1. The minimum absolute atomic E-state index is 0. The molecule has 0 aliphatic carbocycles. The number of nitrogens with one attached hydrogen (secondary N) is 1. The number of carbonyl (C=O) groups is 1. The first-order chi connectivity index (χ1) is 11.7. The summed E-state index contributed by atoms with van der Waals surface area (Å²) in [6.07, 6.45) is 0. The summed E-state index contributed by atoms with van der Waals surface area (Å²) < 4.78 is 10.3. The summed E-state index contributed by atoms with van der Waals surface area (Å²) in [7, 11) is 3.35. The molecule has 1 aliphatic heterocycles. The molecule has 1 unspecified atom stereocenters. The van der Waals surface area contributed by atoms with Gasteiger partial charge in [0, 0.05) is 45.9 Å². The number of rotatable bonds is 8. The van der Waals surface area contributed by atoms with E-state index in [1.165, 1.54) is 5.56 Å². The van der Waals surface area contributed by atoms with Gasteiger partial charge in [0.05, 0.1) is 20.3 Å². The van der Waals surface area contributed by atoms with Crippen molar-refractivity contribution in [2.45, 2.75) is 13.0 Å².